The second-order valence-electron chi connectivity index (χ2n) is 7.85. The highest BCUT2D eigenvalue weighted by molar-refractivity contribution is 5.81. The molecule has 1 fully saturated rings. The molecule has 1 aromatic carbocycles. The van der Waals surface area contributed by atoms with Gasteiger partial charge in [0.05, 0.1) is 23.3 Å². The SMILES string of the molecule is Cc1c(NC2CCN(C(=O)C(C)(C)C)CC2)cnn1-c1ccccc1. The smallest absolute Gasteiger partial charge is 0.227 e. The number of carbonyl (C=O) groups excluding carboxylic acids is 1. The highest BCUT2D eigenvalue weighted by Crippen LogP contribution is 2.24. The molecule has 1 saturated heterocycles. The molecule has 2 heterocycles. The van der Waals surface area contributed by atoms with Gasteiger partial charge >= 0.3 is 0 Å². The molecular formula is C20H28N4O. The number of para-hydroxylation sites is 1. The van der Waals surface area contributed by atoms with Gasteiger partial charge in [-0.1, -0.05) is 39.0 Å². The van der Waals surface area contributed by atoms with Gasteiger partial charge in [-0.2, -0.15) is 5.10 Å². The highest BCUT2D eigenvalue weighted by atomic mass is 16.2. The predicted molar refractivity (Wildman–Crippen MR) is 101 cm³/mol. The molecule has 0 aliphatic carbocycles. The third-order valence-corrected chi connectivity index (χ3v) is 4.79. The van der Waals surface area contributed by atoms with Gasteiger partial charge in [-0.25, -0.2) is 4.68 Å². The first-order valence-corrected chi connectivity index (χ1v) is 9.02. The van der Waals surface area contributed by atoms with E-state index in [9.17, 15) is 4.79 Å². The average Bonchev–Trinajstić information content (AvgIpc) is 2.96. The summed E-state index contributed by atoms with van der Waals surface area (Å²) in [7, 11) is 0. The van der Waals surface area contributed by atoms with E-state index in [1.807, 2.05) is 54.7 Å². The standard InChI is InChI=1S/C20H28N4O/c1-15-18(14-21-24(15)17-8-6-5-7-9-17)22-16-10-12-23(13-11-16)19(25)20(2,3)4/h5-9,14,16,22H,10-13H2,1-4H3. The Hall–Kier alpha value is -2.30. The first kappa shape index (κ1) is 17.5. The van der Waals surface area contributed by atoms with Gasteiger partial charge in [-0.3, -0.25) is 4.79 Å². The number of likely N-dealkylation sites (tertiary alicyclic amines) is 1. The van der Waals surface area contributed by atoms with Crippen LogP contribution in [0.1, 0.15) is 39.3 Å². The van der Waals surface area contributed by atoms with E-state index in [2.05, 4.69) is 29.5 Å². The number of nitrogens with one attached hydrogen (secondary N) is 1. The van der Waals surface area contributed by atoms with Gasteiger partial charge in [0.25, 0.3) is 0 Å². The van der Waals surface area contributed by atoms with Crippen LogP contribution >= 0.6 is 0 Å². The van der Waals surface area contributed by atoms with Crippen molar-refractivity contribution in [2.24, 2.45) is 5.41 Å². The molecule has 1 aromatic heterocycles. The van der Waals surface area contributed by atoms with E-state index in [1.165, 1.54) is 0 Å². The number of nitrogens with zero attached hydrogens (tertiary/aromatic N) is 3. The molecule has 1 aliphatic rings. The summed E-state index contributed by atoms with van der Waals surface area (Å²) < 4.78 is 1.96. The molecule has 0 bridgehead atoms. The molecule has 0 radical (unpaired) electrons. The van der Waals surface area contributed by atoms with E-state index in [1.54, 1.807) is 0 Å². The van der Waals surface area contributed by atoms with Crippen LogP contribution in [0.5, 0.6) is 0 Å². The van der Waals surface area contributed by atoms with Crippen molar-refractivity contribution in [3.05, 3.63) is 42.2 Å². The predicted octanol–water partition coefficient (Wildman–Crippen LogP) is 3.63. The molecule has 0 unspecified atom stereocenters. The minimum absolute atomic E-state index is 0.249. The minimum Gasteiger partial charge on any atom is -0.379 e. The quantitative estimate of drug-likeness (QED) is 0.928. The zero-order chi connectivity index (χ0) is 18.0. The normalized spacial score (nSPS) is 16.1. The summed E-state index contributed by atoms with van der Waals surface area (Å²) >= 11 is 0. The zero-order valence-corrected chi connectivity index (χ0v) is 15.6. The van der Waals surface area contributed by atoms with Gasteiger partial charge in [0, 0.05) is 24.5 Å². The van der Waals surface area contributed by atoms with Crippen LogP contribution in [-0.2, 0) is 4.79 Å². The Balaban J connectivity index is 1.62. The highest BCUT2D eigenvalue weighted by Gasteiger charge is 2.30. The second kappa shape index (κ2) is 6.90. The summed E-state index contributed by atoms with van der Waals surface area (Å²) in [6, 6.07) is 10.5. The van der Waals surface area contributed by atoms with Gasteiger partial charge in [-0.05, 0) is 31.9 Å². The van der Waals surface area contributed by atoms with E-state index in [0.717, 1.165) is 43.0 Å². The number of hydrogen-bond acceptors (Lipinski definition) is 3. The van der Waals surface area contributed by atoms with Crippen molar-refractivity contribution in [1.82, 2.24) is 14.7 Å². The lowest BCUT2D eigenvalue weighted by Gasteiger charge is -2.36. The zero-order valence-electron chi connectivity index (χ0n) is 15.6. The largest absolute Gasteiger partial charge is 0.379 e. The Morgan fingerprint density at radius 3 is 2.40 bits per heavy atom. The number of rotatable bonds is 3. The maximum absolute atomic E-state index is 12.4. The summed E-state index contributed by atoms with van der Waals surface area (Å²) in [6.45, 7) is 9.68. The Bertz CT molecular complexity index is 722. The summed E-state index contributed by atoms with van der Waals surface area (Å²) in [4.78, 5) is 14.4. The topological polar surface area (TPSA) is 50.2 Å². The number of piperidine rings is 1. The van der Waals surface area contributed by atoms with Crippen LogP contribution in [0.4, 0.5) is 5.69 Å². The molecule has 0 saturated carbocycles. The van der Waals surface area contributed by atoms with Crippen LogP contribution in [0.15, 0.2) is 36.5 Å². The van der Waals surface area contributed by atoms with Crippen molar-refractivity contribution in [3.63, 3.8) is 0 Å². The Labute approximate surface area is 150 Å². The lowest BCUT2D eigenvalue weighted by molar-refractivity contribution is -0.140. The van der Waals surface area contributed by atoms with Crippen molar-refractivity contribution >= 4 is 11.6 Å². The average molecular weight is 340 g/mol. The fourth-order valence-corrected chi connectivity index (χ4v) is 3.30. The third kappa shape index (κ3) is 3.86. The summed E-state index contributed by atoms with van der Waals surface area (Å²) in [5.74, 6) is 0.249. The van der Waals surface area contributed by atoms with E-state index in [-0.39, 0.29) is 11.3 Å². The maximum Gasteiger partial charge on any atom is 0.227 e. The third-order valence-electron chi connectivity index (χ3n) is 4.79. The van der Waals surface area contributed by atoms with E-state index in [0.29, 0.717) is 6.04 Å². The van der Waals surface area contributed by atoms with Gasteiger partial charge in [0.2, 0.25) is 5.91 Å². The van der Waals surface area contributed by atoms with Crippen molar-refractivity contribution in [1.29, 1.82) is 0 Å². The van der Waals surface area contributed by atoms with Crippen LogP contribution in [0.25, 0.3) is 5.69 Å². The van der Waals surface area contributed by atoms with Gasteiger partial charge in [0.1, 0.15) is 0 Å². The summed E-state index contributed by atoms with van der Waals surface area (Å²) in [6.07, 6.45) is 3.84. The maximum atomic E-state index is 12.4. The number of hydrogen-bond donors (Lipinski definition) is 1. The first-order valence-electron chi connectivity index (χ1n) is 9.02. The fourth-order valence-electron chi connectivity index (χ4n) is 3.30. The monoisotopic (exact) mass is 340 g/mol. The number of benzene rings is 1. The van der Waals surface area contributed by atoms with Crippen molar-refractivity contribution in [2.45, 2.75) is 46.6 Å². The van der Waals surface area contributed by atoms with Gasteiger partial charge < -0.3 is 10.2 Å². The summed E-state index contributed by atoms with van der Waals surface area (Å²) in [5.41, 5.74) is 2.95. The summed E-state index contributed by atoms with van der Waals surface area (Å²) in [5, 5.41) is 8.13. The minimum atomic E-state index is -0.298. The molecule has 3 rings (SSSR count). The molecule has 1 amide bonds. The first-order chi connectivity index (χ1) is 11.9. The fraction of sp³-hybridized carbons (Fsp3) is 0.500. The van der Waals surface area contributed by atoms with Crippen molar-refractivity contribution in [2.75, 3.05) is 18.4 Å². The van der Waals surface area contributed by atoms with Crippen LogP contribution in [0.2, 0.25) is 0 Å². The molecule has 0 atom stereocenters. The molecule has 5 nitrogen and oxygen atoms in total. The van der Waals surface area contributed by atoms with Crippen molar-refractivity contribution in [3.8, 4) is 5.69 Å². The Morgan fingerprint density at radius 2 is 1.80 bits per heavy atom. The lowest BCUT2D eigenvalue weighted by Crippen LogP contribution is -2.46. The van der Waals surface area contributed by atoms with Crippen LogP contribution in [-0.4, -0.2) is 39.7 Å². The number of anilines is 1. The van der Waals surface area contributed by atoms with E-state index in [4.69, 9.17) is 0 Å². The molecule has 134 valence electrons. The Kier molecular flexibility index (Phi) is 4.84. The number of aromatic nitrogens is 2. The number of carbonyl (C=O) groups is 1. The van der Waals surface area contributed by atoms with Gasteiger partial charge in [0.15, 0.2) is 0 Å². The Morgan fingerprint density at radius 1 is 1.16 bits per heavy atom. The molecule has 25 heavy (non-hydrogen) atoms. The van der Waals surface area contributed by atoms with E-state index < -0.39 is 0 Å². The second-order valence-corrected chi connectivity index (χ2v) is 7.85. The molecule has 5 heteroatoms. The molecule has 1 N–H and O–H groups in total. The van der Waals surface area contributed by atoms with Gasteiger partial charge in [-0.15, -0.1) is 0 Å². The van der Waals surface area contributed by atoms with Crippen LogP contribution < -0.4 is 5.32 Å². The van der Waals surface area contributed by atoms with E-state index >= 15 is 0 Å². The molecule has 2 aromatic rings. The van der Waals surface area contributed by atoms with Crippen LogP contribution in [0.3, 0.4) is 0 Å². The number of amides is 1. The van der Waals surface area contributed by atoms with Crippen LogP contribution in [0, 0.1) is 12.3 Å². The molecule has 0 spiro atoms. The van der Waals surface area contributed by atoms with Crippen molar-refractivity contribution < 1.29 is 4.79 Å². The molecule has 1 aliphatic heterocycles. The lowest BCUT2D eigenvalue weighted by atomic mass is 9.93. The molecular weight excluding hydrogens is 312 g/mol.